The Hall–Kier alpha value is -3.83. The van der Waals surface area contributed by atoms with Crippen LogP contribution in [0.5, 0.6) is 11.5 Å². The molecule has 0 aliphatic carbocycles. The molecule has 11 heteroatoms. The molecule has 3 aliphatic rings. The standard InChI is InChI=1S/C36H45N5O5S/c1-5-44-34(43)28-10-7-13-41(22-28)33(42)27-9-6-8-26(18-27)23-47-35-37-31(36(2,3)4)20-32(38-35)40-16-14-39(15-17-40)21-25-11-12-29-30(19-25)46-24-45-29/h6,8-9,11-12,18-20,28H,5,7,10,13-17,21-24H2,1-4H3. The summed E-state index contributed by atoms with van der Waals surface area (Å²) in [7, 11) is 0. The van der Waals surface area contributed by atoms with Crippen molar-refractivity contribution in [2.45, 2.75) is 63.4 Å². The van der Waals surface area contributed by atoms with Crippen molar-refractivity contribution in [1.29, 1.82) is 0 Å². The number of thioether (sulfide) groups is 1. The first-order chi connectivity index (χ1) is 22.7. The van der Waals surface area contributed by atoms with Gasteiger partial charge in [-0.15, -0.1) is 0 Å². The monoisotopic (exact) mass is 659 g/mol. The number of carbonyl (C=O) groups is 2. The van der Waals surface area contributed by atoms with E-state index in [0.29, 0.717) is 31.0 Å². The molecule has 0 spiro atoms. The van der Waals surface area contributed by atoms with E-state index in [1.165, 1.54) is 5.56 Å². The molecular weight excluding hydrogens is 614 g/mol. The molecule has 1 unspecified atom stereocenters. The number of ether oxygens (including phenoxy) is 3. The Bertz CT molecular complexity index is 1590. The van der Waals surface area contributed by atoms with E-state index in [1.54, 1.807) is 16.7 Å². The smallest absolute Gasteiger partial charge is 0.310 e. The number of piperidine rings is 1. The molecule has 3 aromatic rings. The Morgan fingerprint density at radius 3 is 2.55 bits per heavy atom. The van der Waals surface area contributed by atoms with E-state index in [2.05, 4.69) is 48.8 Å². The van der Waals surface area contributed by atoms with Gasteiger partial charge in [0, 0.05) is 68.6 Å². The molecule has 1 aromatic heterocycles. The summed E-state index contributed by atoms with van der Waals surface area (Å²) >= 11 is 1.59. The summed E-state index contributed by atoms with van der Waals surface area (Å²) in [5.41, 5.74) is 3.77. The average molecular weight is 660 g/mol. The number of rotatable bonds is 9. The lowest BCUT2D eigenvalue weighted by molar-refractivity contribution is -0.149. The second kappa shape index (κ2) is 14.5. The van der Waals surface area contributed by atoms with Crippen molar-refractivity contribution >= 4 is 29.5 Å². The molecule has 1 atom stereocenters. The molecule has 47 heavy (non-hydrogen) atoms. The minimum absolute atomic E-state index is 0.0446. The first-order valence-corrected chi connectivity index (χ1v) is 17.6. The number of anilines is 1. The highest BCUT2D eigenvalue weighted by Gasteiger charge is 2.30. The Labute approximate surface area is 281 Å². The van der Waals surface area contributed by atoms with Gasteiger partial charge < -0.3 is 24.0 Å². The average Bonchev–Trinajstić information content (AvgIpc) is 3.55. The van der Waals surface area contributed by atoms with Gasteiger partial charge in [-0.2, -0.15) is 0 Å². The fraction of sp³-hybridized carbons (Fsp3) is 0.500. The predicted molar refractivity (Wildman–Crippen MR) is 182 cm³/mol. The number of hydrogen-bond acceptors (Lipinski definition) is 10. The fourth-order valence-corrected chi connectivity index (χ4v) is 6.99. The summed E-state index contributed by atoms with van der Waals surface area (Å²) in [6.07, 6.45) is 1.55. The largest absolute Gasteiger partial charge is 0.466 e. The third kappa shape index (κ3) is 8.19. The maximum atomic E-state index is 13.4. The molecule has 2 fully saturated rings. The van der Waals surface area contributed by atoms with Crippen molar-refractivity contribution in [2.24, 2.45) is 5.92 Å². The van der Waals surface area contributed by atoms with Gasteiger partial charge in [0.15, 0.2) is 16.7 Å². The highest BCUT2D eigenvalue weighted by Crippen LogP contribution is 2.33. The van der Waals surface area contributed by atoms with Crippen LogP contribution in [0.25, 0.3) is 0 Å². The van der Waals surface area contributed by atoms with Gasteiger partial charge in [0.25, 0.3) is 5.91 Å². The quantitative estimate of drug-likeness (QED) is 0.166. The van der Waals surface area contributed by atoms with Crippen LogP contribution in [0.4, 0.5) is 5.82 Å². The number of aromatic nitrogens is 2. The predicted octanol–water partition coefficient (Wildman–Crippen LogP) is 5.53. The molecule has 0 bridgehead atoms. The van der Waals surface area contributed by atoms with Gasteiger partial charge in [-0.3, -0.25) is 14.5 Å². The number of carbonyl (C=O) groups excluding carboxylic acids is 2. The van der Waals surface area contributed by atoms with E-state index in [9.17, 15) is 9.59 Å². The molecule has 3 aliphatic heterocycles. The van der Waals surface area contributed by atoms with Gasteiger partial charge in [-0.05, 0) is 55.2 Å². The van der Waals surface area contributed by atoms with E-state index < -0.39 is 0 Å². The van der Waals surface area contributed by atoms with Gasteiger partial charge in [0.05, 0.1) is 18.2 Å². The lowest BCUT2D eigenvalue weighted by Gasteiger charge is -2.36. The van der Waals surface area contributed by atoms with Crippen molar-refractivity contribution in [2.75, 3.05) is 57.6 Å². The van der Waals surface area contributed by atoms with Gasteiger partial charge in [-0.25, -0.2) is 9.97 Å². The van der Waals surface area contributed by atoms with E-state index >= 15 is 0 Å². The topological polar surface area (TPSA) is 97.3 Å². The number of likely N-dealkylation sites (tertiary alicyclic amines) is 1. The number of benzene rings is 2. The minimum Gasteiger partial charge on any atom is -0.466 e. The van der Waals surface area contributed by atoms with Crippen LogP contribution in [0.2, 0.25) is 0 Å². The van der Waals surface area contributed by atoms with Gasteiger partial charge in [0.2, 0.25) is 6.79 Å². The molecule has 4 heterocycles. The first kappa shape index (κ1) is 33.1. The zero-order valence-corrected chi connectivity index (χ0v) is 28.7. The molecular formula is C36H45N5O5S. The molecule has 2 aromatic carbocycles. The molecule has 250 valence electrons. The third-order valence-corrected chi connectivity index (χ3v) is 9.79. The van der Waals surface area contributed by atoms with Crippen molar-refractivity contribution in [3.8, 4) is 11.5 Å². The molecule has 6 rings (SSSR count). The second-order valence-corrected chi connectivity index (χ2v) is 14.4. The number of hydrogen-bond donors (Lipinski definition) is 0. The minimum atomic E-state index is -0.258. The summed E-state index contributed by atoms with van der Waals surface area (Å²) in [5.74, 6) is 2.72. The Kier molecular flexibility index (Phi) is 10.2. The molecule has 1 amide bonds. The number of piperazine rings is 1. The normalized spacial score (nSPS) is 18.3. The van der Waals surface area contributed by atoms with Crippen LogP contribution < -0.4 is 14.4 Å². The lowest BCUT2D eigenvalue weighted by atomic mass is 9.92. The SMILES string of the molecule is CCOC(=O)C1CCCN(C(=O)c2cccc(CSc3nc(N4CCN(Cc5ccc6c(c5)OCO6)CC4)cc(C(C)(C)C)n3)c2)C1. The van der Waals surface area contributed by atoms with Crippen molar-refractivity contribution < 1.29 is 23.8 Å². The maximum absolute atomic E-state index is 13.4. The number of esters is 1. The Balaban J connectivity index is 1.09. The highest BCUT2D eigenvalue weighted by molar-refractivity contribution is 7.98. The molecule has 2 saturated heterocycles. The summed E-state index contributed by atoms with van der Waals surface area (Å²) < 4.78 is 16.2. The van der Waals surface area contributed by atoms with Gasteiger partial charge in [0.1, 0.15) is 5.82 Å². The van der Waals surface area contributed by atoms with Crippen LogP contribution in [-0.2, 0) is 27.2 Å². The van der Waals surface area contributed by atoms with Crippen molar-refractivity contribution in [3.05, 3.63) is 70.9 Å². The summed E-state index contributed by atoms with van der Waals surface area (Å²) in [5, 5.41) is 0.736. The highest BCUT2D eigenvalue weighted by atomic mass is 32.2. The van der Waals surface area contributed by atoms with Crippen LogP contribution in [0, 0.1) is 5.92 Å². The first-order valence-electron chi connectivity index (χ1n) is 16.6. The number of nitrogens with zero attached hydrogens (tertiary/aromatic N) is 5. The van der Waals surface area contributed by atoms with Gasteiger partial charge in [-0.1, -0.05) is 50.7 Å². The third-order valence-electron chi connectivity index (χ3n) is 8.87. The second-order valence-electron chi connectivity index (χ2n) is 13.4. The molecule has 10 nitrogen and oxygen atoms in total. The van der Waals surface area contributed by atoms with E-state index in [4.69, 9.17) is 24.2 Å². The maximum Gasteiger partial charge on any atom is 0.310 e. The molecule has 0 radical (unpaired) electrons. The van der Waals surface area contributed by atoms with E-state index in [1.807, 2.05) is 37.3 Å². The van der Waals surface area contributed by atoms with Crippen molar-refractivity contribution in [1.82, 2.24) is 19.8 Å². The number of amides is 1. The van der Waals surface area contributed by atoms with Crippen LogP contribution in [-0.4, -0.2) is 84.3 Å². The fourth-order valence-electron chi connectivity index (χ4n) is 6.19. The molecule has 0 N–H and O–H groups in total. The number of fused-ring (bicyclic) bond motifs is 1. The van der Waals surface area contributed by atoms with Crippen LogP contribution in [0.15, 0.2) is 53.7 Å². The van der Waals surface area contributed by atoms with Gasteiger partial charge >= 0.3 is 5.97 Å². The van der Waals surface area contributed by atoms with Crippen molar-refractivity contribution in [3.63, 3.8) is 0 Å². The Morgan fingerprint density at radius 1 is 0.957 bits per heavy atom. The summed E-state index contributed by atoms with van der Waals surface area (Å²) in [4.78, 5) is 42.3. The van der Waals surface area contributed by atoms with E-state index in [0.717, 1.165) is 79.3 Å². The van der Waals surface area contributed by atoms with Crippen LogP contribution in [0.1, 0.15) is 67.7 Å². The zero-order valence-electron chi connectivity index (χ0n) is 27.9. The molecule has 0 saturated carbocycles. The van der Waals surface area contributed by atoms with E-state index in [-0.39, 0.29) is 30.0 Å². The van der Waals surface area contributed by atoms with Crippen LogP contribution >= 0.6 is 11.8 Å². The van der Waals surface area contributed by atoms with Crippen LogP contribution in [0.3, 0.4) is 0 Å². The Morgan fingerprint density at radius 2 is 1.77 bits per heavy atom. The summed E-state index contributed by atoms with van der Waals surface area (Å²) in [6.45, 7) is 14.5. The zero-order chi connectivity index (χ0) is 33.0. The summed E-state index contributed by atoms with van der Waals surface area (Å²) in [6, 6.07) is 16.1. The lowest BCUT2D eigenvalue weighted by Crippen LogP contribution is -2.46.